The number of H-pyrrole nitrogens is 1. The zero-order valence-corrected chi connectivity index (χ0v) is 18.8. The number of fused-ring (bicyclic) bond motifs is 1. The molecule has 0 aliphatic carbocycles. The lowest BCUT2D eigenvalue weighted by Gasteiger charge is -2.16. The molecule has 0 spiro atoms. The lowest BCUT2D eigenvalue weighted by atomic mass is 10.0. The Morgan fingerprint density at radius 1 is 1.03 bits per heavy atom. The van der Waals surface area contributed by atoms with Crippen molar-refractivity contribution in [2.75, 3.05) is 11.9 Å². The molecule has 0 saturated carbocycles. The third-order valence-corrected chi connectivity index (χ3v) is 5.57. The summed E-state index contributed by atoms with van der Waals surface area (Å²) in [4.78, 5) is 39.8. The number of benzene rings is 3. The van der Waals surface area contributed by atoms with Crippen LogP contribution in [-0.4, -0.2) is 29.3 Å². The van der Waals surface area contributed by atoms with Gasteiger partial charge in [-0.2, -0.15) is 0 Å². The third-order valence-electron chi connectivity index (χ3n) is 5.57. The van der Waals surface area contributed by atoms with Crippen molar-refractivity contribution in [3.8, 4) is 11.1 Å². The Balaban J connectivity index is 1.41. The largest absolute Gasteiger partial charge is 0.383 e. The van der Waals surface area contributed by atoms with E-state index < -0.39 is 5.82 Å². The van der Waals surface area contributed by atoms with Gasteiger partial charge in [0.05, 0.1) is 5.56 Å². The Hall–Kier alpha value is -4.26. The molecule has 0 aliphatic heterocycles. The predicted molar refractivity (Wildman–Crippen MR) is 132 cm³/mol. The van der Waals surface area contributed by atoms with E-state index in [9.17, 15) is 18.8 Å². The number of halogens is 1. The van der Waals surface area contributed by atoms with Crippen molar-refractivity contribution in [2.24, 2.45) is 0 Å². The van der Waals surface area contributed by atoms with Gasteiger partial charge in [0, 0.05) is 46.5 Å². The molecule has 1 atom stereocenters. The quantitative estimate of drug-likeness (QED) is 0.349. The standard InChI is InChI=1S/C27H24FN3O3/c1-16(14-29-20-9-11-25-22(13-20)26(33)23(15-30-25)17(2)32)31-27(34)19-8-10-21(24(28)12-19)18-6-4-3-5-7-18/h3-13,15-16,29H,14H2,1-2H3,(H,30,33)(H,31,34)/t16-/m0/s1. The van der Waals surface area contributed by atoms with Gasteiger partial charge in [0.1, 0.15) is 5.82 Å². The second-order valence-corrected chi connectivity index (χ2v) is 8.16. The van der Waals surface area contributed by atoms with Crippen LogP contribution in [0.15, 0.2) is 77.7 Å². The predicted octanol–water partition coefficient (Wildman–Crippen LogP) is 4.77. The summed E-state index contributed by atoms with van der Waals surface area (Å²) < 4.78 is 14.6. The van der Waals surface area contributed by atoms with E-state index >= 15 is 0 Å². The highest BCUT2D eigenvalue weighted by atomic mass is 19.1. The number of nitrogens with one attached hydrogen (secondary N) is 3. The van der Waals surface area contributed by atoms with E-state index in [0.717, 1.165) is 5.56 Å². The van der Waals surface area contributed by atoms with E-state index in [0.29, 0.717) is 28.7 Å². The van der Waals surface area contributed by atoms with Crippen LogP contribution in [0.4, 0.5) is 10.1 Å². The van der Waals surface area contributed by atoms with Crippen LogP contribution in [0.5, 0.6) is 0 Å². The summed E-state index contributed by atoms with van der Waals surface area (Å²) in [6.45, 7) is 3.55. The second kappa shape index (κ2) is 9.70. The molecule has 1 amide bonds. The zero-order valence-electron chi connectivity index (χ0n) is 18.8. The molecular weight excluding hydrogens is 433 g/mol. The van der Waals surface area contributed by atoms with E-state index in [4.69, 9.17) is 0 Å². The number of hydrogen-bond acceptors (Lipinski definition) is 4. The van der Waals surface area contributed by atoms with Gasteiger partial charge < -0.3 is 15.6 Å². The first kappa shape index (κ1) is 22.9. The van der Waals surface area contributed by atoms with Crippen LogP contribution in [0, 0.1) is 5.82 Å². The van der Waals surface area contributed by atoms with Gasteiger partial charge in [-0.1, -0.05) is 36.4 Å². The molecule has 4 aromatic rings. The van der Waals surface area contributed by atoms with E-state index in [1.807, 2.05) is 37.3 Å². The van der Waals surface area contributed by atoms with E-state index in [1.54, 1.807) is 30.3 Å². The Bertz CT molecular complexity index is 1430. The molecule has 0 aliphatic rings. The lowest BCUT2D eigenvalue weighted by Crippen LogP contribution is -2.37. The molecule has 0 radical (unpaired) electrons. The molecular formula is C27H24FN3O3. The molecule has 0 saturated heterocycles. The van der Waals surface area contributed by atoms with Gasteiger partial charge in [-0.25, -0.2) is 4.39 Å². The number of Topliss-reactive ketones (excluding diaryl/α,β-unsaturated/α-hetero) is 1. The first-order valence-electron chi connectivity index (χ1n) is 10.9. The number of carbonyl (C=O) groups excluding carboxylic acids is 2. The minimum absolute atomic E-state index is 0.107. The van der Waals surface area contributed by atoms with Crippen molar-refractivity contribution >= 4 is 28.3 Å². The first-order valence-corrected chi connectivity index (χ1v) is 10.9. The maximum Gasteiger partial charge on any atom is 0.251 e. The number of carbonyl (C=O) groups is 2. The van der Waals surface area contributed by atoms with Crippen molar-refractivity contribution in [3.63, 3.8) is 0 Å². The minimum atomic E-state index is -0.462. The maximum absolute atomic E-state index is 14.6. The normalized spacial score (nSPS) is 11.7. The molecule has 34 heavy (non-hydrogen) atoms. The van der Waals surface area contributed by atoms with Crippen LogP contribution in [0.25, 0.3) is 22.0 Å². The van der Waals surface area contributed by atoms with Crippen molar-refractivity contribution < 1.29 is 14.0 Å². The number of amides is 1. The molecule has 0 unspecified atom stereocenters. The summed E-state index contributed by atoms with van der Waals surface area (Å²) in [5.41, 5.74) is 2.50. The third kappa shape index (κ3) is 4.88. The molecule has 0 bridgehead atoms. The fraction of sp³-hybridized carbons (Fsp3) is 0.148. The van der Waals surface area contributed by atoms with Crippen molar-refractivity contribution in [2.45, 2.75) is 19.9 Å². The summed E-state index contributed by atoms with van der Waals surface area (Å²) in [7, 11) is 0. The van der Waals surface area contributed by atoms with Gasteiger partial charge in [0.2, 0.25) is 0 Å². The molecule has 172 valence electrons. The Morgan fingerprint density at radius 3 is 2.50 bits per heavy atom. The average Bonchev–Trinajstić information content (AvgIpc) is 2.83. The fourth-order valence-corrected chi connectivity index (χ4v) is 3.73. The van der Waals surface area contributed by atoms with Crippen LogP contribution in [0.1, 0.15) is 34.6 Å². The Labute approximate surface area is 195 Å². The van der Waals surface area contributed by atoms with E-state index in [2.05, 4.69) is 15.6 Å². The number of aromatic amines is 1. The van der Waals surface area contributed by atoms with Crippen LogP contribution < -0.4 is 16.1 Å². The monoisotopic (exact) mass is 457 g/mol. The zero-order chi connectivity index (χ0) is 24.2. The van der Waals surface area contributed by atoms with Crippen molar-refractivity contribution in [1.82, 2.24) is 10.3 Å². The van der Waals surface area contributed by atoms with Gasteiger partial charge in [-0.3, -0.25) is 14.4 Å². The molecule has 1 heterocycles. The summed E-state index contributed by atoms with van der Waals surface area (Å²) in [5, 5.41) is 6.44. The van der Waals surface area contributed by atoms with Crippen LogP contribution in [0.2, 0.25) is 0 Å². The maximum atomic E-state index is 14.6. The van der Waals surface area contributed by atoms with E-state index in [1.165, 1.54) is 19.2 Å². The van der Waals surface area contributed by atoms with Crippen LogP contribution >= 0.6 is 0 Å². The summed E-state index contributed by atoms with van der Waals surface area (Å²) in [5.74, 6) is -1.14. The van der Waals surface area contributed by atoms with Gasteiger partial charge >= 0.3 is 0 Å². The highest BCUT2D eigenvalue weighted by Gasteiger charge is 2.14. The smallest absolute Gasteiger partial charge is 0.251 e. The first-order chi connectivity index (χ1) is 16.3. The molecule has 6 nitrogen and oxygen atoms in total. The Kier molecular flexibility index (Phi) is 6.54. The van der Waals surface area contributed by atoms with Crippen molar-refractivity contribution in [1.29, 1.82) is 0 Å². The van der Waals surface area contributed by atoms with Crippen molar-refractivity contribution in [3.05, 3.63) is 100 Å². The molecule has 1 aromatic heterocycles. The van der Waals surface area contributed by atoms with Gasteiger partial charge in [-0.15, -0.1) is 0 Å². The average molecular weight is 458 g/mol. The van der Waals surface area contributed by atoms with Gasteiger partial charge in [0.15, 0.2) is 11.2 Å². The van der Waals surface area contributed by atoms with Crippen LogP contribution in [0.3, 0.4) is 0 Å². The van der Waals surface area contributed by atoms with Crippen LogP contribution in [-0.2, 0) is 0 Å². The SMILES string of the molecule is CC(=O)c1c[nH]c2ccc(NC[C@H](C)NC(=O)c3ccc(-c4ccccc4)c(F)c3)cc2c1=O. The minimum Gasteiger partial charge on any atom is -0.383 e. The van der Waals surface area contributed by atoms with E-state index in [-0.39, 0.29) is 34.3 Å². The molecule has 0 fully saturated rings. The Morgan fingerprint density at radius 2 is 1.79 bits per heavy atom. The number of ketones is 1. The number of aromatic nitrogens is 1. The fourth-order valence-electron chi connectivity index (χ4n) is 3.73. The summed E-state index contributed by atoms with van der Waals surface area (Å²) >= 11 is 0. The summed E-state index contributed by atoms with van der Waals surface area (Å²) in [6.07, 6.45) is 1.42. The second-order valence-electron chi connectivity index (χ2n) is 8.16. The molecule has 7 heteroatoms. The molecule has 3 N–H and O–H groups in total. The van der Waals surface area contributed by atoms with Gasteiger partial charge in [-0.05, 0) is 49.7 Å². The number of hydrogen-bond donors (Lipinski definition) is 3. The number of rotatable bonds is 7. The topological polar surface area (TPSA) is 91.1 Å². The lowest BCUT2D eigenvalue weighted by molar-refractivity contribution is 0.0940. The van der Waals surface area contributed by atoms with Gasteiger partial charge in [0.25, 0.3) is 5.91 Å². The highest BCUT2D eigenvalue weighted by Crippen LogP contribution is 2.23. The molecule has 4 rings (SSSR count). The molecule has 3 aromatic carbocycles. The number of anilines is 1. The highest BCUT2D eigenvalue weighted by molar-refractivity contribution is 5.97. The summed E-state index contributed by atoms with van der Waals surface area (Å²) in [6, 6.07) is 18.5. The number of pyridine rings is 1.